The predicted octanol–water partition coefficient (Wildman–Crippen LogP) is 4.82. The quantitative estimate of drug-likeness (QED) is 0.847. The minimum absolute atomic E-state index is 0.150. The van der Waals surface area contributed by atoms with Gasteiger partial charge >= 0.3 is 0 Å². The lowest BCUT2D eigenvalue weighted by molar-refractivity contribution is 0.594. The van der Waals surface area contributed by atoms with Gasteiger partial charge in [-0.2, -0.15) is 0 Å². The second-order valence-electron chi connectivity index (χ2n) is 5.07. The molecule has 1 N–H and O–H groups in total. The molecule has 0 aromatic heterocycles. The molecule has 2 aromatic carbocycles. The molecular weight excluding hydrogens is 269 g/mol. The Morgan fingerprint density at radius 1 is 1.10 bits per heavy atom. The predicted molar refractivity (Wildman–Crippen MR) is 83.8 cm³/mol. The van der Waals surface area contributed by atoms with Crippen molar-refractivity contribution in [1.82, 2.24) is 5.32 Å². The molecule has 0 aliphatic carbocycles. The van der Waals surface area contributed by atoms with Gasteiger partial charge in [0.25, 0.3) is 0 Å². The van der Waals surface area contributed by atoms with Gasteiger partial charge in [-0.05, 0) is 42.8 Å². The van der Waals surface area contributed by atoms with E-state index in [-0.39, 0.29) is 5.82 Å². The molecule has 0 radical (unpaired) electrons. The van der Waals surface area contributed by atoms with Gasteiger partial charge in [-0.3, -0.25) is 0 Å². The average molecular weight is 289 g/mol. The molecule has 0 amide bonds. The second-order valence-corrected chi connectivity index (χ2v) is 6.19. The van der Waals surface area contributed by atoms with Crippen LogP contribution in [0.4, 0.5) is 4.39 Å². The van der Waals surface area contributed by atoms with Crippen molar-refractivity contribution in [3.8, 4) is 0 Å². The maximum Gasteiger partial charge on any atom is 0.128 e. The van der Waals surface area contributed by atoms with Crippen molar-refractivity contribution < 1.29 is 4.39 Å². The highest BCUT2D eigenvalue weighted by Gasteiger charge is 2.09. The van der Waals surface area contributed by atoms with E-state index in [1.165, 1.54) is 11.6 Å². The summed E-state index contributed by atoms with van der Waals surface area (Å²) in [6.45, 7) is 4.90. The average Bonchev–Trinajstić information content (AvgIpc) is 2.43. The van der Waals surface area contributed by atoms with E-state index < -0.39 is 0 Å². The number of hydrogen-bond donors (Lipinski definition) is 1. The molecule has 0 unspecified atom stereocenters. The third-order valence-electron chi connectivity index (χ3n) is 3.20. The monoisotopic (exact) mass is 289 g/mol. The molecule has 106 valence electrons. The third kappa shape index (κ3) is 3.62. The number of benzene rings is 2. The van der Waals surface area contributed by atoms with Crippen LogP contribution in [0.3, 0.4) is 0 Å². The van der Waals surface area contributed by atoms with Gasteiger partial charge in [-0.1, -0.05) is 43.8 Å². The molecule has 3 heteroatoms. The van der Waals surface area contributed by atoms with Crippen LogP contribution in [0, 0.1) is 5.82 Å². The smallest absolute Gasteiger partial charge is 0.128 e. The van der Waals surface area contributed by atoms with E-state index in [0.717, 1.165) is 15.4 Å². The lowest BCUT2D eigenvalue weighted by Crippen LogP contribution is -2.08. The summed E-state index contributed by atoms with van der Waals surface area (Å²) >= 11 is 1.61. The Kier molecular flexibility index (Phi) is 5.21. The Bertz CT molecular complexity index is 564. The van der Waals surface area contributed by atoms with Gasteiger partial charge in [-0.15, -0.1) is 0 Å². The van der Waals surface area contributed by atoms with Gasteiger partial charge in [0.2, 0.25) is 0 Å². The van der Waals surface area contributed by atoms with Gasteiger partial charge in [0, 0.05) is 21.9 Å². The first-order valence-corrected chi connectivity index (χ1v) is 7.63. The Morgan fingerprint density at radius 3 is 2.40 bits per heavy atom. The summed E-state index contributed by atoms with van der Waals surface area (Å²) in [6, 6.07) is 13.7. The van der Waals surface area contributed by atoms with Crippen LogP contribution in [-0.2, 0) is 6.54 Å². The minimum atomic E-state index is -0.150. The summed E-state index contributed by atoms with van der Waals surface area (Å²) in [5, 5.41) is 3.02. The Balaban J connectivity index is 2.23. The van der Waals surface area contributed by atoms with Crippen molar-refractivity contribution in [2.24, 2.45) is 0 Å². The number of hydrogen-bond acceptors (Lipinski definition) is 2. The molecule has 0 fully saturated rings. The van der Waals surface area contributed by atoms with Crippen molar-refractivity contribution >= 4 is 11.8 Å². The van der Waals surface area contributed by atoms with E-state index in [4.69, 9.17) is 0 Å². The van der Waals surface area contributed by atoms with Crippen LogP contribution >= 0.6 is 11.8 Å². The highest BCUT2D eigenvalue weighted by Crippen LogP contribution is 2.32. The second kappa shape index (κ2) is 6.91. The van der Waals surface area contributed by atoms with Crippen LogP contribution < -0.4 is 5.32 Å². The van der Waals surface area contributed by atoms with Gasteiger partial charge in [0.05, 0.1) is 0 Å². The molecule has 0 aliphatic heterocycles. The molecule has 0 saturated carbocycles. The number of nitrogens with one attached hydrogen (secondary N) is 1. The molecule has 20 heavy (non-hydrogen) atoms. The van der Waals surface area contributed by atoms with E-state index in [1.54, 1.807) is 17.8 Å². The SMILES string of the molecule is CNCc1c(F)cccc1Sc1ccc(C(C)C)cc1. The zero-order valence-electron chi connectivity index (χ0n) is 12.1. The summed E-state index contributed by atoms with van der Waals surface area (Å²) in [6.07, 6.45) is 0. The summed E-state index contributed by atoms with van der Waals surface area (Å²) in [5.74, 6) is 0.381. The highest BCUT2D eigenvalue weighted by atomic mass is 32.2. The van der Waals surface area contributed by atoms with Crippen LogP contribution in [0.1, 0.15) is 30.9 Å². The van der Waals surface area contributed by atoms with E-state index in [0.29, 0.717) is 12.5 Å². The van der Waals surface area contributed by atoms with Crippen molar-refractivity contribution in [1.29, 1.82) is 0 Å². The Hall–Kier alpha value is -1.32. The van der Waals surface area contributed by atoms with E-state index in [2.05, 4.69) is 43.4 Å². The van der Waals surface area contributed by atoms with Crippen LogP contribution in [0.5, 0.6) is 0 Å². The molecule has 1 nitrogen and oxygen atoms in total. The lowest BCUT2D eigenvalue weighted by Gasteiger charge is -2.11. The van der Waals surface area contributed by atoms with Crippen LogP contribution in [-0.4, -0.2) is 7.05 Å². The minimum Gasteiger partial charge on any atom is -0.316 e. The van der Waals surface area contributed by atoms with Gasteiger partial charge in [0.1, 0.15) is 5.82 Å². The van der Waals surface area contributed by atoms with Gasteiger partial charge in [-0.25, -0.2) is 4.39 Å². The van der Waals surface area contributed by atoms with Crippen LogP contribution in [0.15, 0.2) is 52.3 Å². The fraction of sp³-hybridized carbons (Fsp3) is 0.294. The lowest BCUT2D eigenvalue weighted by atomic mass is 10.0. The van der Waals surface area contributed by atoms with Crippen LogP contribution in [0.25, 0.3) is 0 Å². The Morgan fingerprint density at radius 2 is 1.80 bits per heavy atom. The maximum atomic E-state index is 13.9. The molecule has 0 bridgehead atoms. The van der Waals surface area contributed by atoms with Gasteiger partial charge < -0.3 is 5.32 Å². The fourth-order valence-corrected chi connectivity index (χ4v) is 3.00. The molecule has 2 rings (SSSR count). The standard InChI is InChI=1S/C17H20FNS/c1-12(2)13-7-9-14(10-8-13)20-17-6-4-5-16(18)15(17)11-19-3/h4-10,12,19H,11H2,1-3H3. The Labute approximate surface area is 124 Å². The molecule has 0 saturated heterocycles. The topological polar surface area (TPSA) is 12.0 Å². The van der Waals surface area contributed by atoms with Crippen molar-refractivity contribution in [2.75, 3.05) is 7.05 Å². The molecule has 2 aromatic rings. The van der Waals surface area contributed by atoms with E-state index >= 15 is 0 Å². The van der Waals surface area contributed by atoms with E-state index in [9.17, 15) is 4.39 Å². The maximum absolute atomic E-state index is 13.9. The summed E-state index contributed by atoms with van der Waals surface area (Å²) in [4.78, 5) is 2.11. The first-order valence-electron chi connectivity index (χ1n) is 6.81. The van der Waals surface area contributed by atoms with Crippen molar-refractivity contribution in [2.45, 2.75) is 36.1 Å². The van der Waals surface area contributed by atoms with Gasteiger partial charge in [0.15, 0.2) is 0 Å². The highest BCUT2D eigenvalue weighted by molar-refractivity contribution is 7.99. The van der Waals surface area contributed by atoms with Crippen LogP contribution in [0.2, 0.25) is 0 Å². The largest absolute Gasteiger partial charge is 0.316 e. The van der Waals surface area contributed by atoms with E-state index in [1.807, 2.05) is 13.1 Å². The van der Waals surface area contributed by atoms with Crippen molar-refractivity contribution in [3.63, 3.8) is 0 Å². The zero-order valence-corrected chi connectivity index (χ0v) is 12.9. The first kappa shape index (κ1) is 15.1. The summed E-state index contributed by atoms with van der Waals surface area (Å²) < 4.78 is 13.9. The summed E-state index contributed by atoms with van der Waals surface area (Å²) in [7, 11) is 1.83. The molecule has 0 heterocycles. The molecule has 0 aliphatic rings. The molecule has 0 spiro atoms. The van der Waals surface area contributed by atoms with Crippen molar-refractivity contribution in [3.05, 3.63) is 59.4 Å². The molecule has 0 atom stereocenters. The number of rotatable bonds is 5. The number of halogens is 1. The third-order valence-corrected chi connectivity index (χ3v) is 4.31. The summed E-state index contributed by atoms with van der Waals surface area (Å²) in [5.41, 5.74) is 2.05. The molecular formula is C17H20FNS. The zero-order chi connectivity index (χ0) is 14.5. The first-order chi connectivity index (χ1) is 9.61. The normalized spacial score (nSPS) is 11.1. The fourth-order valence-electron chi connectivity index (χ4n) is 2.03.